The van der Waals surface area contributed by atoms with E-state index in [0.29, 0.717) is 17.9 Å². The van der Waals surface area contributed by atoms with E-state index in [2.05, 4.69) is 22.5 Å². The van der Waals surface area contributed by atoms with Crippen molar-refractivity contribution in [3.63, 3.8) is 0 Å². The summed E-state index contributed by atoms with van der Waals surface area (Å²) in [6.07, 6.45) is 2.00. The number of phenols is 1. The third kappa shape index (κ3) is 13.6. The van der Waals surface area contributed by atoms with Gasteiger partial charge in [-0.3, -0.25) is 24.2 Å². The Balaban J connectivity index is 0.000000833. The summed E-state index contributed by atoms with van der Waals surface area (Å²) in [5.41, 5.74) is 1.80. The highest BCUT2D eigenvalue weighted by Gasteiger charge is 2.30. The largest absolute Gasteiger partial charge is 0.508 e. The molecule has 0 aliphatic carbocycles. The van der Waals surface area contributed by atoms with Crippen molar-refractivity contribution in [2.75, 3.05) is 12.4 Å². The fourth-order valence-corrected chi connectivity index (χ4v) is 5.56. The Morgan fingerprint density at radius 1 is 1.04 bits per heavy atom. The van der Waals surface area contributed by atoms with Gasteiger partial charge >= 0.3 is 5.97 Å². The first-order valence-electron chi connectivity index (χ1n) is 15.1. The minimum absolute atomic E-state index is 0.0513. The number of benzene rings is 2. The molecule has 0 aliphatic heterocycles. The first-order valence-corrected chi connectivity index (χ1v) is 16.6. The number of aromatic hydroxyl groups is 1. The van der Waals surface area contributed by atoms with Crippen LogP contribution < -0.4 is 15.4 Å². The second-order valence-electron chi connectivity index (χ2n) is 10.7. The summed E-state index contributed by atoms with van der Waals surface area (Å²) in [6, 6.07) is 12.1. The number of amides is 2. The number of ketones is 1. The van der Waals surface area contributed by atoms with Gasteiger partial charge in [-0.05, 0) is 61.7 Å². The Bertz CT molecular complexity index is 1470. The highest BCUT2D eigenvalue weighted by atomic mass is 35.5. The number of halogens is 2. The number of rotatable bonds is 16. The van der Waals surface area contributed by atoms with Crippen molar-refractivity contribution < 1.29 is 38.5 Å². The van der Waals surface area contributed by atoms with Crippen molar-refractivity contribution >= 4 is 46.9 Å². The molecule has 0 saturated heterocycles. The zero-order valence-corrected chi connectivity index (χ0v) is 28.4. The van der Waals surface area contributed by atoms with Crippen molar-refractivity contribution in [1.29, 1.82) is 0 Å². The Morgan fingerprint density at radius 3 is 2.36 bits per heavy atom. The monoisotopic (exact) mass is 689 g/mol. The number of aryl methyl sites for hydroxylation is 1. The van der Waals surface area contributed by atoms with Crippen LogP contribution in [-0.4, -0.2) is 63.2 Å². The molecule has 0 unspecified atom stereocenters. The molecule has 254 valence electrons. The number of carboxylic acid groups (broad SMARTS) is 1. The van der Waals surface area contributed by atoms with Crippen LogP contribution in [0.2, 0.25) is 5.02 Å². The number of carboxylic acids is 1. The van der Waals surface area contributed by atoms with E-state index in [0.717, 1.165) is 23.9 Å². The number of nitrogens with zero attached hydrogens (tertiary/aromatic N) is 1. The quantitative estimate of drug-likeness (QED) is 0.155. The van der Waals surface area contributed by atoms with Crippen LogP contribution in [0.5, 0.6) is 11.5 Å². The summed E-state index contributed by atoms with van der Waals surface area (Å²) in [7, 11) is 0. The predicted molar refractivity (Wildman–Crippen MR) is 180 cm³/mol. The SMILES string of the molecule is CCOc1ccc(O)cc1CC(=O)N[C@H](C(=O)N[C@@H](CC(=O)O)C(=O)CSCc1c(F)cccc1Cl)C(C)C.CCc1ccccn1. The molecular formula is C34H41ClFN3O7S. The number of hydrogen-bond donors (Lipinski definition) is 4. The minimum atomic E-state index is -1.35. The maximum Gasteiger partial charge on any atom is 0.305 e. The molecular weight excluding hydrogens is 649 g/mol. The molecule has 1 aromatic heterocycles. The fourth-order valence-electron chi connectivity index (χ4n) is 4.25. The maximum atomic E-state index is 14.0. The number of carbonyl (C=O) groups excluding carboxylic acids is 3. The molecule has 0 bridgehead atoms. The average molecular weight is 690 g/mol. The lowest BCUT2D eigenvalue weighted by Gasteiger charge is -2.25. The number of aromatic nitrogens is 1. The first kappa shape index (κ1) is 39.0. The number of thioether (sulfide) groups is 1. The molecule has 0 fully saturated rings. The van der Waals surface area contributed by atoms with Crippen LogP contribution in [0, 0.1) is 11.7 Å². The van der Waals surface area contributed by atoms with Crippen molar-refractivity contribution in [2.24, 2.45) is 5.92 Å². The lowest BCUT2D eigenvalue weighted by Crippen LogP contribution is -2.54. The van der Waals surface area contributed by atoms with Gasteiger partial charge in [0.25, 0.3) is 0 Å². The van der Waals surface area contributed by atoms with Gasteiger partial charge in [0.2, 0.25) is 11.8 Å². The normalized spacial score (nSPS) is 11.9. The number of nitrogens with one attached hydrogen (secondary N) is 2. The molecule has 4 N–H and O–H groups in total. The standard InChI is InChI=1S/C27H32ClFN2O7S.C7H9N/c1-4-38-23-9-8-17(32)10-16(23)11-24(34)31-26(15(2)3)27(37)30-21(12-25(35)36)22(33)14-39-13-18-19(28)6-5-7-20(18)29;1-2-7-5-3-4-6-8-7/h5-10,15,21,26,32H,4,11-14H2,1-3H3,(H,30,37)(H,31,34)(H,35,36);3-6H,2H2,1H3/t21-,26-;/m0./s1. The summed E-state index contributed by atoms with van der Waals surface area (Å²) >= 11 is 7.05. The first-order chi connectivity index (χ1) is 22.4. The van der Waals surface area contributed by atoms with Crippen LogP contribution in [0.1, 0.15) is 50.9 Å². The number of hydrogen-bond acceptors (Lipinski definition) is 8. The van der Waals surface area contributed by atoms with E-state index in [-0.39, 0.29) is 34.3 Å². The zero-order chi connectivity index (χ0) is 34.9. The molecule has 2 aromatic carbocycles. The fraction of sp³-hybridized carbons (Fsp3) is 0.382. The highest BCUT2D eigenvalue weighted by Crippen LogP contribution is 2.25. The molecule has 13 heteroatoms. The Morgan fingerprint density at radius 2 is 1.79 bits per heavy atom. The van der Waals surface area contributed by atoms with Crippen LogP contribution in [0.15, 0.2) is 60.8 Å². The molecule has 47 heavy (non-hydrogen) atoms. The molecule has 0 aliphatic rings. The second-order valence-corrected chi connectivity index (χ2v) is 12.1. The molecule has 1 heterocycles. The Labute approximate surface area is 283 Å². The van der Waals surface area contributed by atoms with E-state index in [9.17, 15) is 33.8 Å². The smallest absolute Gasteiger partial charge is 0.305 e. The van der Waals surface area contributed by atoms with E-state index in [1.54, 1.807) is 20.8 Å². The third-order valence-electron chi connectivity index (χ3n) is 6.69. The summed E-state index contributed by atoms with van der Waals surface area (Å²) in [4.78, 5) is 54.2. The number of phenolic OH excluding ortho intramolecular Hbond substituents is 1. The maximum absolute atomic E-state index is 14.0. The third-order valence-corrected chi connectivity index (χ3v) is 8.02. The molecule has 0 spiro atoms. The van der Waals surface area contributed by atoms with Gasteiger partial charge in [0.15, 0.2) is 5.78 Å². The summed E-state index contributed by atoms with van der Waals surface area (Å²) in [5.74, 6) is -3.80. The van der Waals surface area contributed by atoms with Crippen molar-refractivity contribution in [1.82, 2.24) is 15.6 Å². The lowest BCUT2D eigenvalue weighted by atomic mass is 10.0. The summed E-state index contributed by atoms with van der Waals surface area (Å²) in [6.45, 7) is 7.60. The van der Waals surface area contributed by atoms with E-state index >= 15 is 0 Å². The molecule has 3 aromatic rings. The summed E-state index contributed by atoms with van der Waals surface area (Å²) < 4.78 is 19.5. The lowest BCUT2D eigenvalue weighted by molar-refractivity contribution is -0.140. The van der Waals surface area contributed by atoms with Crippen LogP contribution in [-0.2, 0) is 37.8 Å². The van der Waals surface area contributed by atoms with Gasteiger partial charge in [0.05, 0.1) is 31.2 Å². The van der Waals surface area contributed by atoms with E-state index in [4.69, 9.17) is 16.3 Å². The average Bonchev–Trinajstić information content (AvgIpc) is 3.02. The summed E-state index contributed by atoms with van der Waals surface area (Å²) in [5, 5.41) is 24.4. The van der Waals surface area contributed by atoms with E-state index < -0.39 is 53.8 Å². The Kier molecular flexibility index (Phi) is 16.7. The Hall–Kier alpha value is -4.16. The highest BCUT2D eigenvalue weighted by molar-refractivity contribution is 7.99. The van der Waals surface area contributed by atoms with Gasteiger partial charge in [-0.1, -0.05) is 44.5 Å². The van der Waals surface area contributed by atoms with E-state index in [1.165, 1.54) is 36.4 Å². The zero-order valence-electron chi connectivity index (χ0n) is 26.8. The topological polar surface area (TPSA) is 155 Å². The molecule has 2 amide bonds. The molecule has 3 rings (SSSR count). The van der Waals surface area contributed by atoms with Crippen LogP contribution in [0.4, 0.5) is 4.39 Å². The number of aliphatic carboxylic acids is 1. The number of carbonyl (C=O) groups is 4. The number of Topliss-reactive ketones (excluding diaryl/α,β-unsaturated/α-hetero) is 1. The van der Waals surface area contributed by atoms with Crippen molar-refractivity contribution in [3.05, 3.63) is 88.5 Å². The van der Waals surface area contributed by atoms with Gasteiger partial charge in [0.1, 0.15) is 23.4 Å². The molecule has 2 atom stereocenters. The van der Waals surface area contributed by atoms with Crippen LogP contribution >= 0.6 is 23.4 Å². The van der Waals surface area contributed by atoms with Gasteiger partial charge in [-0.2, -0.15) is 0 Å². The number of ether oxygens (including phenoxy) is 1. The van der Waals surface area contributed by atoms with Gasteiger partial charge in [-0.15, -0.1) is 11.8 Å². The van der Waals surface area contributed by atoms with Gasteiger partial charge in [0, 0.05) is 33.8 Å². The minimum Gasteiger partial charge on any atom is -0.508 e. The molecule has 0 radical (unpaired) electrons. The van der Waals surface area contributed by atoms with Crippen molar-refractivity contribution in [2.45, 2.75) is 64.8 Å². The van der Waals surface area contributed by atoms with Crippen molar-refractivity contribution in [3.8, 4) is 11.5 Å². The second kappa shape index (κ2) is 20.2. The van der Waals surface area contributed by atoms with Crippen LogP contribution in [0.25, 0.3) is 0 Å². The van der Waals surface area contributed by atoms with Gasteiger partial charge in [-0.25, -0.2) is 4.39 Å². The number of pyridine rings is 1. The molecule has 10 nitrogen and oxygen atoms in total. The molecule has 0 saturated carbocycles. The van der Waals surface area contributed by atoms with E-state index in [1.807, 2.05) is 24.4 Å². The van der Waals surface area contributed by atoms with Gasteiger partial charge < -0.3 is 25.6 Å². The predicted octanol–water partition coefficient (Wildman–Crippen LogP) is 5.37. The van der Waals surface area contributed by atoms with Crippen LogP contribution in [0.3, 0.4) is 0 Å².